The molecule has 0 atom stereocenters. The van der Waals surface area contributed by atoms with Crippen LogP contribution in [-0.4, -0.2) is 19.3 Å². The SMILES string of the molecule is Cc1ccnc(-n2c3[c-]c(Oc4[c-]c(-n5cc(-c6c(CC(C)C)c(CC(C)C)cc(CC(C)C)c6CC(C)C)cn5)ccc4)ccc3c3ccccc32)c1.[Pt+2]. The molecule has 0 spiro atoms. The number of pyridine rings is 1. The van der Waals surface area contributed by atoms with Crippen LogP contribution in [0.25, 0.3) is 44.4 Å². The molecule has 0 saturated carbocycles. The Morgan fingerprint density at radius 3 is 1.98 bits per heavy atom. The van der Waals surface area contributed by atoms with Crippen LogP contribution in [0.1, 0.15) is 83.2 Å². The molecule has 3 aromatic heterocycles. The van der Waals surface area contributed by atoms with Gasteiger partial charge in [0, 0.05) is 35.0 Å². The molecule has 55 heavy (non-hydrogen) atoms. The summed E-state index contributed by atoms with van der Waals surface area (Å²) in [4.78, 5) is 4.72. The summed E-state index contributed by atoms with van der Waals surface area (Å²) in [5.74, 6) is 4.32. The fourth-order valence-corrected chi connectivity index (χ4v) is 7.91. The van der Waals surface area contributed by atoms with Crippen molar-refractivity contribution >= 4 is 21.8 Å². The molecule has 6 heteroatoms. The minimum absolute atomic E-state index is 0. The molecule has 0 aliphatic carbocycles. The van der Waals surface area contributed by atoms with Crippen molar-refractivity contribution in [2.24, 2.45) is 23.7 Å². The van der Waals surface area contributed by atoms with E-state index in [4.69, 9.17) is 14.8 Å². The Labute approximate surface area is 342 Å². The number of para-hydroxylation sites is 1. The first-order valence-electron chi connectivity index (χ1n) is 19.8. The number of nitrogens with zero attached hydrogens (tertiary/aromatic N) is 4. The number of hydrogen-bond donors (Lipinski definition) is 0. The van der Waals surface area contributed by atoms with Crippen molar-refractivity contribution in [3.05, 3.63) is 131 Å². The Kier molecular flexibility index (Phi) is 12.5. The van der Waals surface area contributed by atoms with E-state index in [1.165, 1.54) is 33.4 Å². The molecule has 7 rings (SSSR count). The fourth-order valence-electron chi connectivity index (χ4n) is 7.91. The van der Waals surface area contributed by atoms with Crippen LogP contribution in [0.3, 0.4) is 0 Å². The molecule has 4 aromatic carbocycles. The van der Waals surface area contributed by atoms with Crippen molar-refractivity contribution in [3.63, 3.8) is 0 Å². The molecule has 0 radical (unpaired) electrons. The molecule has 0 amide bonds. The summed E-state index contributed by atoms with van der Waals surface area (Å²) in [6, 6.07) is 32.3. The fraction of sp³-hybridized carbons (Fsp3) is 0.347. The van der Waals surface area contributed by atoms with E-state index in [1.54, 1.807) is 0 Å². The number of aromatic nitrogens is 4. The van der Waals surface area contributed by atoms with Crippen molar-refractivity contribution < 1.29 is 25.8 Å². The van der Waals surface area contributed by atoms with E-state index in [2.05, 4.69) is 134 Å². The van der Waals surface area contributed by atoms with Crippen LogP contribution >= 0.6 is 0 Å². The Morgan fingerprint density at radius 2 is 1.33 bits per heavy atom. The molecule has 0 unspecified atom stereocenters. The standard InChI is InChI=1S/C49H54N4O.Pt/c1-31(2)21-36-26-37(22-32(3)4)45(24-34(7)8)49(44(36)23-33(5)6)38-29-51-52(30-38)39-13-12-14-40(27-39)54-41-17-18-43-42-15-10-11-16-46(42)53(47(43)28-41)48-25-35(9)19-20-50-48;/h10-20,25-26,29-34H,21-24H2,1-9H3;/q-2;+2. The molecule has 0 N–H and O–H groups in total. The van der Waals surface area contributed by atoms with Crippen molar-refractivity contribution in [1.82, 2.24) is 19.3 Å². The summed E-state index contributed by atoms with van der Waals surface area (Å²) in [7, 11) is 0. The van der Waals surface area contributed by atoms with Gasteiger partial charge >= 0.3 is 21.1 Å². The largest absolute Gasteiger partial charge is 2.00 e. The second kappa shape index (κ2) is 17.1. The number of hydrogen-bond acceptors (Lipinski definition) is 3. The predicted octanol–water partition coefficient (Wildman–Crippen LogP) is 12.5. The zero-order chi connectivity index (χ0) is 38.1. The summed E-state index contributed by atoms with van der Waals surface area (Å²) < 4.78 is 10.6. The summed E-state index contributed by atoms with van der Waals surface area (Å²) in [5, 5.41) is 7.22. The predicted molar refractivity (Wildman–Crippen MR) is 224 cm³/mol. The average Bonchev–Trinajstić information content (AvgIpc) is 3.73. The van der Waals surface area contributed by atoms with Crippen molar-refractivity contribution in [2.45, 2.75) is 88.0 Å². The molecule has 0 bridgehead atoms. The number of ether oxygens (including phenoxy) is 1. The van der Waals surface area contributed by atoms with Crippen LogP contribution in [0.2, 0.25) is 0 Å². The van der Waals surface area contributed by atoms with E-state index >= 15 is 0 Å². The van der Waals surface area contributed by atoms with Gasteiger partial charge in [0.05, 0.1) is 6.20 Å². The molecule has 5 nitrogen and oxygen atoms in total. The zero-order valence-corrected chi connectivity index (χ0v) is 36.1. The summed E-state index contributed by atoms with van der Waals surface area (Å²) >= 11 is 0. The van der Waals surface area contributed by atoms with E-state index in [-0.39, 0.29) is 21.1 Å². The topological polar surface area (TPSA) is 44.9 Å². The minimum atomic E-state index is 0. The van der Waals surface area contributed by atoms with Gasteiger partial charge in [-0.25, -0.2) is 4.98 Å². The van der Waals surface area contributed by atoms with Crippen LogP contribution in [0, 0.1) is 42.7 Å². The normalized spacial score (nSPS) is 11.8. The molecule has 0 fully saturated rings. The Bertz CT molecular complexity index is 2370. The second-order valence-corrected chi connectivity index (χ2v) is 16.7. The first kappa shape index (κ1) is 40.2. The van der Waals surface area contributed by atoms with Crippen LogP contribution in [0.4, 0.5) is 0 Å². The summed E-state index contributed by atoms with van der Waals surface area (Å²) in [6.07, 6.45) is 10.4. The van der Waals surface area contributed by atoms with Crippen molar-refractivity contribution in [3.8, 4) is 34.1 Å². The van der Waals surface area contributed by atoms with Gasteiger partial charge in [0.15, 0.2) is 0 Å². The number of rotatable bonds is 13. The van der Waals surface area contributed by atoms with Gasteiger partial charge < -0.3 is 9.30 Å². The van der Waals surface area contributed by atoms with Crippen LogP contribution in [0.15, 0.2) is 91.4 Å². The smallest absolute Gasteiger partial charge is 0.509 e. The van der Waals surface area contributed by atoms with E-state index in [1.807, 2.05) is 41.2 Å². The number of fused-ring (bicyclic) bond motifs is 3. The van der Waals surface area contributed by atoms with E-state index in [0.717, 1.165) is 64.6 Å². The van der Waals surface area contributed by atoms with Crippen LogP contribution in [0.5, 0.6) is 11.5 Å². The van der Waals surface area contributed by atoms with Crippen molar-refractivity contribution in [1.29, 1.82) is 0 Å². The molecule has 3 heterocycles. The van der Waals surface area contributed by atoms with Gasteiger partial charge in [-0.05, 0) is 119 Å². The van der Waals surface area contributed by atoms with Gasteiger partial charge in [0.2, 0.25) is 0 Å². The molecule has 0 saturated heterocycles. The third-order valence-electron chi connectivity index (χ3n) is 9.99. The van der Waals surface area contributed by atoms with Gasteiger partial charge in [-0.3, -0.25) is 4.68 Å². The Hall–Kier alpha value is -4.47. The number of benzene rings is 4. The van der Waals surface area contributed by atoms with Crippen LogP contribution in [-0.2, 0) is 46.7 Å². The maximum atomic E-state index is 6.50. The van der Waals surface area contributed by atoms with E-state index in [9.17, 15) is 0 Å². The third-order valence-corrected chi connectivity index (χ3v) is 9.99. The molecule has 0 aliphatic rings. The third kappa shape index (κ3) is 8.84. The monoisotopic (exact) mass is 909 g/mol. The van der Waals surface area contributed by atoms with Gasteiger partial charge in [0.1, 0.15) is 5.82 Å². The van der Waals surface area contributed by atoms with E-state index < -0.39 is 0 Å². The maximum absolute atomic E-state index is 6.50. The van der Waals surface area contributed by atoms with Crippen molar-refractivity contribution in [2.75, 3.05) is 0 Å². The quantitative estimate of drug-likeness (QED) is 0.108. The number of aryl methyl sites for hydroxylation is 1. The summed E-state index contributed by atoms with van der Waals surface area (Å²) in [5.41, 5.74) is 12.5. The summed E-state index contributed by atoms with van der Waals surface area (Å²) in [6.45, 7) is 20.8. The maximum Gasteiger partial charge on any atom is 2.00 e. The first-order valence-corrected chi connectivity index (χ1v) is 19.8. The van der Waals surface area contributed by atoms with Gasteiger partial charge in [0.25, 0.3) is 0 Å². The molecule has 286 valence electrons. The Balaban J connectivity index is 0.00000514. The molecular formula is C49H54N4OPt. The molecule has 0 aliphatic heterocycles. The zero-order valence-electron chi connectivity index (χ0n) is 33.8. The molecular weight excluding hydrogens is 856 g/mol. The van der Waals surface area contributed by atoms with Crippen LogP contribution < -0.4 is 4.74 Å². The van der Waals surface area contributed by atoms with Gasteiger partial charge in [-0.15, -0.1) is 35.7 Å². The second-order valence-electron chi connectivity index (χ2n) is 16.7. The minimum Gasteiger partial charge on any atom is -0.509 e. The Morgan fingerprint density at radius 1 is 0.673 bits per heavy atom. The first-order chi connectivity index (χ1) is 25.9. The molecule has 7 aromatic rings. The van der Waals surface area contributed by atoms with Gasteiger partial charge in [-0.2, -0.15) is 17.2 Å². The van der Waals surface area contributed by atoms with E-state index in [0.29, 0.717) is 35.2 Å². The van der Waals surface area contributed by atoms with Gasteiger partial charge in [-0.1, -0.05) is 85.2 Å². The average molecular weight is 910 g/mol.